The Morgan fingerprint density at radius 2 is 1.71 bits per heavy atom. The van der Waals surface area contributed by atoms with Crippen LogP contribution < -0.4 is 10.1 Å². The van der Waals surface area contributed by atoms with Gasteiger partial charge in [-0.1, -0.05) is 30.3 Å². The van der Waals surface area contributed by atoms with E-state index in [1.165, 1.54) is 37.2 Å². The number of benzene rings is 2. The van der Waals surface area contributed by atoms with Crippen molar-refractivity contribution in [1.29, 1.82) is 0 Å². The number of nitrogens with one attached hydrogen (secondary N) is 2. The first-order valence-corrected chi connectivity index (χ1v) is 13.7. The maximum absolute atomic E-state index is 14.5. The van der Waals surface area contributed by atoms with Crippen LogP contribution in [0.4, 0.5) is 4.79 Å². The summed E-state index contributed by atoms with van der Waals surface area (Å²) in [4.78, 5) is 61.2. The molecule has 9 heteroatoms. The number of ketones is 2. The van der Waals surface area contributed by atoms with E-state index in [4.69, 9.17) is 4.74 Å². The zero-order valence-electron chi connectivity index (χ0n) is 23.8. The Labute approximate surface area is 238 Å². The van der Waals surface area contributed by atoms with Crippen molar-refractivity contribution in [2.24, 2.45) is 0 Å². The lowest BCUT2D eigenvalue weighted by molar-refractivity contribution is -0.130. The molecule has 9 nitrogen and oxygen atoms in total. The summed E-state index contributed by atoms with van der Waals surface area (Å²) in [7, 11) is 4.44. The third kappa shape index (κ3) is 3.65. The number of methoxy groups -OCH3 is 1. The molecule has 0 saturated carbocycles. The van der Waals surface area contributed by atoms with Crippen molar-refractivity contribution >= 4 is 29.1 Å². The molecule has 2 heterocycles. The van der Waals surface area contributed by atoms with Gasteiger partial charge in [0.15, 0.2) is 11.3 Å². The van der Waals surface area contributed by atoms with Crippen molar-refractivity contribution in [2.75, 3.05) is 27.7 Å². The maximum Gasteiger partial charge on any atom is 0.327 e. The number of H-pyrrole nitrogens is 1. The summed E-state index contributed by atoms with van der Waals surface area (Å²) in [6.07, 6.45) is 2.24. The summed E-state index contributed by atoms with van der Waals surface area (Å²) in [5, 5.41) is 3.43. The first-order valence-electron chi connectivity index (χ1n) is 13.7. The molecule has 2 N–H and O–H groups in total. The number of hydrogen-bond acceptors (Lipinski definition) is 6. The number of Topliss-reactive ketones (excluding diaryl/α,β-unsaturated/α-hetero) is 2. The summed E-state index contributed by atoms with van der Waals surface area (Å²) in [6, 6.07) is 11.2. The van der Waals surface area contributed by atoms with E-state index in [0.29, 0.717) is 42.0 Å². The van der Waals surface area contributed by atoms with Crippen molar-refractivity contribution in [2.45, 2.75) is 38.8 Å². The van der Waals surface area contributed by atoms with Gasteiger partial charge in [0, 0.05) is 50.0 Å². The van der Waals surface area contributed by atoms with Crippen LogP contribution >= 0.6 is 0 Å². The molecular formula is C32H32N4O5. The van der Waals surface area contributed by atoms with Gasteiger partial charge in [-0.15, -0.1) is 0 Å². The van der Waals surface area contributed by atoms with E-state index in [1.807, 2.05) is 25.1 Å². The lowest BCUT2D eigenvalue weighted by atomic mass is 9.65. The third-order valence-electron chi connectivity index (χ3n) is 8.87. The Hall–Kier alpha value is -4.50. The highest BCUT2D eigenvalue weighted by Gasteiger charge is 2.63. The molecule has 1 saturated heterocycles. The third-order valence-corrected chi connectivity index (χ3v) is 8.87. The average molecular weight is 553 g/mol. The van der Waals surface area contributed by atoms with Crippen molar-refractivity contribution in [3.63, 3.8) is 0 Å². The molecule has 2 aromatic carbocycles. The number of carbonyl (C=O) groups is 4. The number of imide groups is 1. The molecule has 3 aliphatic rings. The molecule has 1 aromatic heterocycles. The number of allylic oxidation sites excluding steroid dienone is 1. The van der Waals surface area contributed by atoms with Crippen LogP contribution in [0.15, 0.2) is 48.2 Å². The number of carbonyl (C=O) groups excluding carboxylic acids is 4. The summed E-state index contributed by atoms with van der Waals surface area (Å²) >= 11 is 0. The number of aryl methyl sites for hydroxylation is 2. The summed E-state index contributed by atoms with van der Waals surface area (Å²) in [5.74, 6) is -0.805. The molecular weight excluding hydrogens is 520 g/mol. The predicted octanol–water partition coefficient (Wildman–Crippen LogP) is 3.62. The minimum absolute atomic E-state index is 0.0313. The van der Waals surface area contributed by atoms with Crippen molar-refractivity contribution in [3.05, 3.63) is 92.8 Å². The normalized spacial score (nSPS) is 19.7. The molecule has 1 atom stereocenters. The van der Waals surface area contributed by atoms with E-state index >= 15 is 0 Å². The molecule has 3 amide bonds. The second-order valence-electron chi connectivity index (χ2n) is 11.0. The van der Waals surface area contributed by atoms with Gasteiger partial charge < -0.3 is 19.9 Å². The van der Waals surface area contributed by atoms with Gasteiger partial charge in [0.2, 0.25) is 5.78 Å². The van der Waals surface area contributed by atoms with Crippen LogP contribution in [0.5, 0.6) is 5.75 Å². The van der Waals surface area contributed by atoms with Gasteiger partial charge in [-0.2, -0.15) is 0 Å². The quantitative estimate of drug-likeness (QED) is 0.357. The second kappa shape index (κ2) is 9.55. The maximum atomic E-state index is 14.5. The summed E-state index contributed by atoms with van der Waals surface area (Å²) in [5.41, 5.74) is 4.14. The number of amides is 3. The number of ether oxygens (including phenoxy) is 1. The largest absolute Gasteiger partial charge is 0.496 e. The highest BCUT2D eigenvalue weighted by Crippen LogP contribution is 2.51. The molecule has 1 fully saturated rings. The number of nitrogens with zero attached hydrogens (tertiary/aromatic N) is 2. The Morgan fingerprint density at radius 1 is 0.951 bits per heavy atom. The van der Waals surface area contributed by atoms with E-state index in [-0.39, 0.29) is 34.6 Å². The first-order chi connectivity index (χ1) is 19.6. The van der Waals surface area contributed by atoms with E-state index < -0.39 is 23.3 Å². The van der Waals surface area contributed by atoms with E-state index in [0.717, 1.165) is 10.5 Å². The molecule has 1 spiro atoms. The molecule has 1 unspecified atom stereocenters. The molecule has 2 aliphatic carbocycles. The highest BCUT2D eigenvalue weighted by atomic mass is 16.5. The first kappa shape index (κ1) is 26.7. The molecule has 0 radical (unpaired) electrons. The SMILES string of the molecule is COc1ccc(C)c2c1CC1(C(=O)N(C)C(=O)N1C)C1=C2C(=O)c2[nH]cc(CCNCc3ccccc3C)c2C1=O. The fraction of sp³-hybridized carbons (Fsp3) is 0.312. The predicted molar refractivity (Wildman–Crippen MR) is 153 cm³/mol. The minimum atomic E-state index is -1.66. The molecule has 210 valence electrons. The van der Waals surface area contributed by atoms with Crippen LogP contribution in [0, 0.1) is 13.8 Å². The number of hydrogen-bond donors (Lipinski definition) is 2. The van der Waals surface area contributed by atoms with Crippen LogP contribution in [0.1, 0.15) is 54.2 Å². The molecule has 3 aromatic rings. The van der Waals surface area contributed by atoms with E-state index in [2.05, 4.69) is 29.4 Å². The molecule has 1 aliphatic heterocycles. The smallest absolute Gasteiger partial charge is 0.327 e. The number of fused-ring (bicyclic) bond motifs is 4. The number of likely N-dealkylation sites (N-methyl/N-ethyl adjacent to an activating group) is 2. The number of rotatable bonds is 6. The molecule has 6 rings (SSSR count). The van der Waals surface area contributed by atoms with Gasteiger partial charge in [-0.05, 0) is 60.7 Å². The van der Waals surface area contributed by atoms with Gasteiger partial charge in [0.25, 0.3) is 5.91 Å². The zero-order valence-corrected chi connectivity index (χ0v) is 23.8. The summed E-state index contributed by atoms with van der Waals surface area (Å²) < 4.78 is 5.64. The monoisotopic (exact) mass is 552 g/mol. The summed E-state index contributed by atoms with van der Waals surface area (Å²) in [6.45, 7) is 5.19. The van der Waals surface area contributed by atoms with Crippen LogP contribution in [-0.2, 0) is 24.2 Å². The topological polar surface area (TPSA) is 112 Å². The van der Waals surface area contributed by atoms with Gasteiger partial charge >= 0.3 is 6.03 Å². The van der Waals surface area contributed by atoms with Crippen LogP contribution in [-0.4, -0.2) is 71.6 Å². The molecule has 41 heavy (non-hydrogen) atoms. The van der Waals surface area contributed by atoms with Gasteiger partial charge in [-0.25, -0.2) is 4.79 Å². The Morgan fingerprint density at radius 3 is 2.39 bits per heavy atom. The Bertz CT molecular complexity index is 1700. The van der Waals surface area contributed by atoms with E-state index in [1.54, 1.807) is 12.3 Å². The number of aromatic nitrogens is 1. The Kier molecular flexibility index (Phi) is 6.22. The van der Waals surface area contributed by atoms with Crippen molar-refractivity contribution in [1.82, 2.24) is 20.1 Å². The molecule has 0 bridgehead atoms. The number of urea groups is 1. The van der Waals surface area contributed by atoms with Gasteiger partial charge in [0.05, 0.1) is 18.4 Å². The fourth-order valence-corrected chi connectivity index (χ4v) is 6.63. The van der Waals surface area contributed by atoms with Crippen molar-refractivity contribution < 1.29 is 23.9 Å². The highest BCUT2D eigenvalue weighted by molar-refractivity contribution is 6.43. The fourth-order valence-electron chi connectivity index (χ4n) is 6.63. The average Bonchev–Trinajstić information content (AvgIpc) is 3.46. The van der Waals surface area contributed by atoms with Crippen LogP contribution in [0.3, 0.4) is 0 Å². The number of aromatic amines is 1. The lowest BCUT2D eigenvalue weighted by Crippen LogP contribution is -2.56. The minimum Gasteiger partial charge on any atom is -0.496 e. The van der Waals surface area contributed by atoms with Crippen LogP contribution in [0.25, 0.3) is 5.57 Å². The zero-order chi connectivity index (χ0) is 29.2. The van der Waals surface area contributed by atoms with Crippen molar-refractivity contribution in [3.8, 4) is 5.75 Å². The lowest BCUT2D eigenvalue weighted by Gasteiger charge is -2.42. The second-order valence-corrected chi connectivity index (χ2v) is 11.0. The van der Waals surface area contributed by atoms with E-state index in [9.17, 15) is 19.2 Å². The van der Waals surface area contributed by atoms with Gasteiger partial charge in [0.1, 0.15) is 5.75 Å². The van der Waals surface area contributed by atoms with Crippen LogP contribution in [0.2, 0.25) is 0 Å². The standard InChI is InChI=1S/C32H32N4O5/c1-17-8-6-7-9-19(17)15-33-13-12-20-16-34-27-24(20)28(37)26-25(29(27)38)23-18(2)10-11-22(41-5)21(23)14-32(26)30(39)35(3)31(40)36(32)4/h6-11,16,33-34H,12-15H2,1-5H3. The Balaban J connectivity index is 1.45. The van der Waals surface area contributed by atoms with Gasteiger partial charge in [-0.3, -0.25) is 19.3 Å².